The summed E-state index contributed by atoms with van der Waals surface area (Å²) in [5.74, 6) is 0.585. The predicted octanol–water partition coefficient (Wildman–Crippen LogP) is 4.21. The minimum absolute atomic E-state index is 0.201. The van der Waals surface area contributed by atoms with E-state index in [2.05, 4.69) is 55.4 Å². The van der Waals surface area contributed by atoms with Gasteiger partial charge in [0.15, 0.2) is 0 Å². The van der Waals surface area contributed by atoms with E-state index in [1.165, 1.54) is 20.9 Å². The molecule has 0 radical (unpaired) electrons. The second-order valence-corrected chi connectivity index (χ2v) is 6.84. The Balaban J connectivity index is 2.20. The number of imidazole rings is 1. The van der Waals surface area contributed by atoms with Gasteiger partial charge in [-0.1, -0.05) is 6.07 Å². The molecular weight excluding hydrogens is 266 g/mol. The van der Waals surface area contributed by atoms with Gasteiger partial charge in [-0.3, -0.25) is 0 Å². The zero-order valence-corrected chi connectivity index (χ0v) is 13.1. The van der Waals surface area contributed by atoms with Crippen LogP contribution in [0.15, 0.2) is 24.3 Å². The van der Waals surface area contributed by atoms with Crippen molar-refractivity contribution in [3.63, 3.8) is 0 Å². The molecule has 2 aromatic heterocycles. The van der Waals surface area contributed by atoms with Gasteiger partial charge in [-0.2, -0.15) is 0 Å². The number of fused-ring (bicyclic) bond motifs is 1. The summed E-state index contributed by atoms with van der Waals surface area (Å²) in [5, 5.41) is 0. The Kier molecular flexibility index (Phi) is 3.05. The van der Waals surface area contributed by atoms with Crippen LogP contribution in [0.2, 0.25) is 0 Å². The molecule has 2 heterocycles. The first-order valence-electron chi connectivity index (χ1n) is 6.78. The molecule has 104 valence electrons. The number of rotatable bonds is 2. The van der Waals surface area contributed by atoms with Crippen molar-refractivity contribution < 1.29 is 0 Å². The summed E-state index contributed by atoms with van der Waals surface area (Å²) in [6.07, 6.45) is 0. The van der Waals surface area contributed by atoms with E-state index in [1.807, 2.05) is 17.4 Å². The molecule has 20 heavy (non-hydrogen) atoms. The summed E-state index contributed by atoms with van der Waals surface area (Å²) >= 11 is 1.83. The third kappa shape index (κ3) is 2.00. The molecule has 0 fully saturated rings. The van der Waals surface area contributed by atoms with Gasteiger partial charge in [0.2, 0.25) is 5.95 Å². The van der Waals surface area contributed by atoms with Gasteiger partial charge in [-0.15, -0.1) is 11.3 Å². The van der Waals surface area contributed by atoms with Crippen molar-refractivity contribution in [1.82, 2.24) is 9.55 Å². The number of aryl methyl sites for hydroxylation is 3. The van der Waals surface area contributed by atoms with Gasteiger partial charge in [-0.25, -0.2) is 4.98 Å². The standard InChI is InChI=1S/C16H19N3S/c1-9-5-6-14-15(7-9)19(16(17)18-14)11(3)13-8-10(2)20-12(13)4/h5-8,11H,1-4H3,(H2,17,18). The molecular formula is C16H19N3S. The van der Waals surface area contributed by atoms with E-state index in [0.29, 0.717) is 5.95 Å². The quantitative estimate of drug-likeness (QED) is 0.766. The Morgan fingerprint density at radius 2 is 1.95 bits per heavy atom. The van der Waals surface area contributed by atoms with Crippen molar-refractivity contribution in [2.45, 2.75) is 33.7 Å². The van der Waals surface area contributed by atoms with Crippen LogP contribution >= 0.6 is 11.3 Å². The van der Waals surface area contributed by atoms with Crippen molar-refractivity contribution in [3.05, 3.63) is 45.1 Å². The summed E-state index contributed by atoms with van der Waals surface area (Å²) in [6, 6.07) is 8.72. The van der Waals surface area contributed by atoms with Crippen LogP contribution in [0.4, 0.5) is 5.95 Å². The first-order valence-corrected chi connectivity index (χ1v) is 7.60. The summed E-state index contributed by atoms with van der Waals surface area (Å²) in [4.78, 5) is 7.17. The topological polar surface area (TPSA) is 43.8 Å². The molecule has 0 aliphatic heterocycles. The average molecular weight is 285 g/mol. The average Bonchev–Trinajstić information content (AvgIpc) is 2.87. The SMILES string of the molecule is Cc1ccc2nc(N)n(C(C)c3cc(C)sc3C)c2c1. The van der Waals surface area contributed by atoms with E-state index in [0.717, 1.165) is 11.0 Å². The van der Waals surface area contributed by atoms with Crippen molar-refractivity contribution in [1.29, 1.82) is 0 Å². The molecule has 1 unspecified atom stereocenters. The number of nitrogen functional groups attached to an aromatic ring is 1. The molecule has 0 amide bonds. The molecule has 0 bridgehead atoms. The lowest BCUT2D eigenvalue weighted by Gasteiger charge is -2.16. The molecule has 1 aromatic carbocycles. The third-order valence-electron chi connectivity index (χ3n) is 3.79. The number of aromatic nitrogens is 2. The van der Waals surface area contributed by atoms with Gasteiger partial charge < -0.3 is 10.3 Å². The monoisotopic (exact) mass is 285 g/mol. The van der Waals surface area contributed by atoms with Crippen molar-refractivity contribution in [2.75, 3.05) is 5.73 Å². The molecule has 3 rings (SSSR count). The van der Waals surface area contributed by atoms with Crippen LogP contribution < -0.4 is 5.73 Å². The fourth-order valence-electron chi connectivity index (χ4n) is 2.83. The van der Waals surface area contributed by atoms with Crippen LogP contribution in [-0.2, 0) is 0 Å². The van der Waals surface area contributed by atoms with Crippen LogP contribution in [0.5, 0.6) is 0 Å². The van der Waals surface area contributed by atoms with E-state index in [4.69, 9.17) is 5.73 Å². The minimum atomic E-state index is 0.201. The highest BCUT2D eigenvalue weighted by atomic mass is 32.1. The van der Waals surface area contributed by atoms with Crippen LogP contribution in [-0.4, -0.2) is 9.55 Å². The highest BCUT2D eigenvalue weighted by Gasteiger charge is 2.18. The molecule has 3 aromatic rings. The van der Waals surface area contributed by atoms with Crippen LogP contribution in [0, 0.1) is 20.8 Å². The van der Waals surface area contributed by atoms with Crippen LogP contribution in [0.25, 0.3) is 11.0 Å². The third-order valence-corrected chi connectivity index (χ3v) is 4.77. The minimum Gasteiger partial charge on any atom is -0.369 e. The molecule has 0 saturated carbocycles. The van der Waals surface area contributed by atoms with Crippen molar-refractivity contribution >= 4 is 28.3 Å². The lowest BCUT2D eigenvalue weighted by molar-refractivity contribution is 0.666. The smallest absolute Gasteiger partial charge is 0.201 e. The van der Waals surface area contributed by atoms with Crippen LogP contribution in [0.1, 0.15) is 33.8 Å². The number of thiophene rings is 1. The number of nitrogens with zero attached hydrogens (tertiary/aromatic N) is 2. The summed E-state index contributed by atoms with van der Waals surface area (Å²) < 4.78 is 2.14. The van der Waals surface area contributed by atoms with Crippen molar-refractivity contribution in [2.24, 2.45) is 0 Å². The Hall–Kier alpha value is -1.81. The van der Waals surface area contributed by atoms with E-state index >= 15 is 0 Å². The first-order chi connectivity index (χ1) is 9.47. The summed E-state index contributed by atoms with van der Waals surface area (Å²) in [5.41, 5.74) is 10.8. The largest absolute Gasteiger partial charge is 0.369 e. The maximum Gasteiger partial charge on any atom is 0.201 e. The zero-order chi connectivity index (χ0) is 14.4. The Labute approximate surface area is 123 Å². The maximum atomic E-state index is 6.15. The lowest BCUT2D eigenvalue weighted by atomic mass is 10.1. The second kappa shape index (κ2) is 4.63. The number of hydrogen-bond acceptors (Lipinski definition) is 3. The molecule has 3 nitrogen and oxygen atoms in total. The van der Waals surface area contributed by atoms with E-state index in [-0.39, 0.29) is 6.04 Å². The number of benzene rings is 1. The van der Waals surface area contributed by atoms with Gasteiger partial charge >= 0.3 is 0 Å². The Bertz CT molecular complexity index is 782. The van der Waals surface area contributed by atoms with Gasteiger partial charge in [0, 0.05) is 9.75 Å². The molecule has 0 saturated heterocycles. The normalized spacial score (nSPS) is 13.0. The number of hydrogen-bond donors (Lipinski definition) is 1. The first kappa shape index (κ1) is 13.2. The number of nitrogens with two attached hydrogens (primary N) is 1. The summed E-state index contributed by atoms with van der Waals surface area (Å²) in [6.45, 7) is 8.60. The lowest BCUT2D eigenvalue weighted by Crippen LogP contribution is -2.10. The zero-order valence-electron chi connectivity index (χ0n) is 12.3. The predicted molar refractivity (Wildman–Crippen MR) is 86.5 cm³/mol. The van der Waals surface area contributed by atoms with Gasteiger partial charge in [0.25, 0.3) is 0 Å². The Morgan fingerprint density at radius 3 is 2.60 bits per heavy atom. The molecule has 0 aliphatic rings. The highest BCUT2D eigenvalue weighted by molar-refractivity contribution is 7.12. The molecule has 4 heteroatoms. The van der Waals surface area contributed by atoms with E-state index < -0.39 is 0 Å². The molecule has 2 N–H and O–H groups in total. The van der Waals surface area contributed by atoms with E-state index in [1.54, 1.807) is 0 Å². The molecule has 1 atom stereocenters. The summed E-state index contributed by atoms with van der Waals surface area (Å²) in [7, 11) is 0. The van der Waals surface area contributed by atoms with Gasteiger partial charge in [0.1, 0.15) is 0 Å². The maximum absolute atomic E-state index is 6.15. The van der Waals surface area contributed by atoms with E-state index in [9.17, 15) is 0 Å². The Morgan fingerprint density at radius 1 is 1.20 bits per heavy atom. The van der Waals surface area contributed by atoms with Gasteiger partial charge in [0.05, 0.1) is 17.1 Å². The number of anilines is 1. The second-order valence-electron chi connectivity index (χ2n) is 5.38. The fourth-order valence-corrected chi connectivity index (χ4v) is 3.85. The molecule has 0 aliphatic carbocycles. The van der Waals surface area contributed by atoms with Crippen LogP contribution in [0.3, 0.4) is 0 Å². The molecule has 0 spiro atoms. The van der Waals surface area contributed by atoms with Crippen molar-refractivity contribution in [3.8, 4) is 0 Å². The fraction of sp³-hybridized carbons (Fsp3) is 0.312. The van der Waals surface area contributed by atoms with Gasteiger partial charge in [-0.05, 0) is 57.0 Å². The highest BCUT2D eigenvalue weighted by Crippen LogP contribution is 2.32.